The first kappa shape index (κ1) is 23.3. The van der Waals surface area contributed by atoms with Gasteiger partial charge in [-0.3, -0.25) is 4.79 Å². The zero-order valence-corrected chi connectivity index (χ0v) is 18.9. The van der Waals surface area contributed by atoms with Gasteiger partial charge >= 0.3 is 5.69 Å². The average Bonchev–Trinajstić information content (AvgIpc) is 3.12. The number of aryl methyl sites for hydroxylation is 1. The number of imidazole rings is 1. The lowest BCUT2D eigenvalue weighted by Gasteiger charge is -2.29. The molecule has 0 fully saturated rings. The van der Waals surface area contributed by atoms with Crippen LogP contribution in [0.1, 0.15) is 49.5 Å². The summed E-state index contributed by atoms with van der Waals surface area (Å²) in [5.41, 5.74) is -0.0767. The van der Waals surface area contributed by atoms with E-state index in [4.69, 9.17) is 0 Å². The summed E-state index contributed by atoms with van der Waals surface area (Å²) in [5, 5.41) is 10.4. The number of amides is 1. The summed E-state index contributed by atoms with van der Waals surface area (Å²) in [5.74, 6) is 1.62. The first-order valence-electron chi connectivity index (χ1n) is 10.3. The molecule has 9 nitrogen and oxygen atoms in total. The number of carbonyl (C=O) groups excluding carboxylic acids is 1. The average molecular weight is 425 g/mol. The van der Waals surface area contributed by atoms with Gasteiger partial charge in [0.2, 0.25) is 0 Å². The second-order valence-corrected chi connectivity index (χ2v) is 9.17. The summed E-state index contributed by atoms with van der Waals surface area (Å²) in [6.45, 7) is 5.30. The first-order chi connectivity index (χ1) is 13.9. The van der Waals surface area contributed by atoms with Crippen molar-refractivity contribution in [3.8, 4) is 0 Å². The Morgan fingerprint density at radius 1 is 1.17 bits per heavy atom. The van der Waals surface area contributed by atoms with E-state index in [1.807, 2.05) is 11.8 Å². The zero-order valence-electron chi connectivity index (χ0n) is 18.1. The highest BCUT2D eigenvalue weighted by Gasteiger charge is 2.16. The van der Waals surface area contributed by atoms with Gasteiger partial charge in [-0.05, 0) is 31.4 Å². The maximum atomic E-state index is 12.3. The van der Waals surface area contributed by atoms with E-state index in [-0.39, 0.29) is 22.9 Å². The van der Waals surface area contributed by atoms with Crippen molar-refractivity contribution in [2.24, 2.45) is 7.05 Å². The van der Waals surface area contributed by atoms with E-state index in [0.717, 1.165) is 20.7 Å². The lowest BCUT2D eigenvalue weighted by molar-refractivity contribution is -0.890. The fourth-order valence-corrected chi connectivity index (χ4v) is 3.94. The largest absolute Gasteiger partial charge is 0.352 e. The molecule has 0 bridgehead atoms. The van der Waals surface area contributed by atoms with E-state index < -0.39 is 0 Å². The van der Waals surface area contributed by atoms with Crippen LogP contribution in [-0.2, 0) is 7.05 Å². The highest BCUT2D eigenvalue weighted by molar-refractivity contribution is 7.99. The van der Waals surface area contributed by atoms with Crippen LogP contribution in [0.3, 0.4) is 0 Å². The lowest BCUT2D eigenvalue weighted by Crippen LogP contribution is -2.41. The van der Waals surface area contributed by atoms with Crippen molar-refractivity contribution < 1.29 is 9.28 Å². The van der Waals surface area contributed by atoms with Gasteiger partial charge in [0.15, 0.2) is 11.3 Å². The molecule has 162 valence electrons. The fourth-order valence-electron chi connectivity index (χ4n) is 3.08. The van der Waals surface area contributed by atoms with Crippen molar-refractivity contribution >= 4 is 23.3 Å². The fraction of sp³-hybridized carbons (Fsp3) is 0.737. The minimum atomic E-state index is -0.385. The highest BCUT2D eigenvalue weighted by Crippen LogP contribution is 2.09. The lowest BCUT2D eigenvalue weighted by atomic mass is 10.2. The Bertz CT molecular complexity index is 847. The van der Waals surface area contributed by atoms with Crippen LogP contribution >= 0.6 is 11.8 Å². The van der Waals surface area contributed by atoms with Crippen LogP contribution in [0.15, 0.2) is 11.1 Å². The SMILES string of the molecule is CCCC[N+](C)(C)CCCCCSCCNC(=O)c1ncn2c(=O)n(C)nnc12. The van der Waals surface area contributed by atoms with Crippen molar-refractivity contribution in [3.63, 3.8) is 0 Å². The molecule has 2 aromatic heterocycles. The Kier molecular flexibility index (Phi) is 9.09. The van der Waals surface area contributed by atoms with E-state index in [9.17, 15) is 9.59 Å². The van der Waals surface area contributed by atoms with Crippen molar-refractivity contribution in [1.82, 2.24) is 29.7 Å². The smallest absolute Gasteiger partial charge is 0.350 e. The molecule has 0 aliphatic carbocycles. The molecule has 29 heavy (non-hydrogen) atoms. The molecule has 0 aliphatic heterocycles. The maximum absolute atomic E-state index is 12.3. The summed E-state index contributed by atoms with van der Waals surface area (Å²) < 4.78 is 3.43. The first-order valence-corrected chi connectivity index (χ1v) is 11.5. The van der Waals surface area contributed by atoms with Crippen LogP contribution in [-0.4, -0.2) is 80.0 Å². The molecule has 1 amide bonds. The van der Waals surface area contributed by atoms with Crippen LogP contribution in [0.25, 0.3) is 5.65 Å². The number of quaternary nitrogens is 1. The standard InChI is InChI=1S/C19H33N7O2S/c1-5-6-11-26(3,4)12-8-7-9-13-29-14-10-20-18(27)16-17-22-23-24(2)19(28)25(17)15-21-16/h15H,5-14H2,1-4H3/p+1. The van der Waals surface area contributed by atoms with Gasteiger partial charge in [0, 0.05) is 19.3 Å². The number of hydrogen-bond acceptors (Lipinski definition) is 6. The van der Waals surface area contributed by atoms with Crippen molar-refractivity contribution in [2.75, 3.05) is 45.2 Å². The van der Waals surface area contributed by atoms with Gasteiger partial charge in [0.25, 0.3) is 5.91 Å². The molecular weight excluding hydrogens is 390 g/mol. The Morgan fingerprint density at radius 2 is 1.93 bits per heavy atom. The van der Waals surface area contributed by atoms with Gasteiger partial charge < -0.3 is 9.80 Å². The van der Waals surface area contributed by atoms with E-state index in [2.05, 4.69) is 41.6 Å². The minimum absolute atomic E-state index is 0.129. The van der Waals surface area contributed by atoms with Gasteiger partial charge in [0.1, 0.15) is 6.33 Å². The summed E-state index contributed by atoms with van der Waals surface area (Å²) >= 11 is 1.85. The Morgan fingerprint density at radius 3 is 2.69 bits per heavy atom. The number of thioether (sulfide) groups is 1. The Balaban J connectivity index is 1.60. The van der Waals surface area contributed by atoms with E-state index >= 15 is 0 Å². The molecule has 2 heterocycles. The number of aromatic nitrogens is 5. The van der Waals surface area contributed by atoms with Crippen molar-refractivity contribution in [1.29, 1.82) is 0 Å². The molecule has 0 radical (unpaired) electrons. The third-order valence-corrected chi connectivity index (χ3v) is 5.99. The molecule has 0 saturated heterocycles. The van der Waals surface area contributed by atoms with E-state index in [0.29, 0.717) is 6.54 Å². The number of nitrogens with zero attached hydrogens (tertiary/aromatic N) is 6. The molecule has 10 heteroatoms. The molecule has 2 aromatic rings. The molecule has 2 rings (SSSR count). The maximum Gasteiger partial charge on any atom is 0.352 e. The van der Waals surface area contributed by atoms with Crippen LogP contribution in [0.5, 0.6) is 0 Å². The number of unbranched alkanes of at least 4 members (excludes halogenated alkanes) is 3. The summed E-state index contributed by atoms with van der Waals surface area (Å²) in [6.07, 6.45) is 7.59. The third-order valence-electron chi connectivity index (χ3n) is 4.91. The summed E-state index contributed by atoms with van der Waals surface area (Å²) in [4.78, 5) is 28.2. The number of carbonyl (C=O) groups is 1. The Labute approximate surface area is 176 Å². The molecule has 0 unspecified atom stereocenters. The Hall–Kier alpha value is -1.94. The van der Waals surface area contributed by atoms with E-state index in [1.54, 1.807) is 0 Å². The topological polar surface area (TPSA) is 94.2 Å². The monoisotopic (exact) mass is 424 g/mol. The van der Waals surface area contributed by atoms with Crippen molar-refractivity contribution in [3.05, 3.63) is 22.5 Å². The molecule has 0 atom stereocenters. The van der Waals surface area contributed by atoms with Crippen LogP contribution in [0.4, 0.5) is 0 Å². The molecule has 0 aliphatic rings. The summed E-state index contributed by atoms with van der Waals surface area (Å²) in [7, 11) is 6.14. The molecule has 1 N–H and O–H groups in total. The molecule has 0 spiro atoms. The number of nitrogens with one attached hydrogen (secondary N) is 1. The minimum Gasteiger partial charge on any atom is -0.350 e. The number of rotatable bonds is 13. The van der Waals surface area contributed by atoms with Gasteiger partial charge in [0.05, 0.1) is 27.2 Å². The van der Waals surface area contributed by atoms with Crippen molar-refractivity contribution in [2.45, 2.75) is 39.0 Å². The van der Waals surface area contributed by atoms with Gasteiger partial charge in [-0.2, -0.15) is 16.4 Å². The zero-order chi connectivity index (χ0) is 21.3. The molecule has 0 aromatic carbocycles. The number of hydrogen-bond donors (Lipinski definition) is 1. The highest BCUT2D eigenvalue weighted by atomic mass is 32.2. The van der Waals surface area contributed by atoms with Crippen LogP contribution in [0.2, 0.25) is 0 Å². The van der Waals surface area contributed by atoms with Crippen LogP contribution < -0.4 is 11.0 Å². The van der Waals surface area contributed by atoms with Gasteiger partial charge in [-0.1, -0.05) is 18.6 Å². The van der Waals surface area contributed by atoms with Gasteiger partial charge in [-0.15, -0.1) is 5.10 Å². The van der Waals surface area contributed by atoms with E-state index in [1.165, 1.54) is 63.0 Å². The predicted molar refractivity (Wildman–Crippen MR) is 116 cm³/mol. The van der Waals surface area contributed by atoms with Crippen LogP contribution in [0, 0.1) is 0 Å². The number of fused-ring (bicyclic) bond motifs is 1. The second-order valence-electron chi connectivity index (χ2n) is 7.95. The van der Waals surface area contributed by atoms with Gasteiger partial charge in [-0.25, -0.2) is 14.2 Å². The second kappa shape index (κ2) is 11.3. The third kappa shape index (κ3) is 7.11. The predicted octanol–water partition coefficient (Wildman–Crippen LogP) is 1.33. The molecular formula is C19H34N7O2S+. The normalized spacial score (nSPS) is 11.9. The summed E-state index contributed by atoms with van der Waals surface area (Å²) in [6, 6.07) is 0. The quantitative estimate of drug-likeness (QED) is 0.385. The molecule has 0 saturated carbocycles.